The Kier molecular flexibility index (Phi) is 4.49. The van der Waals surface area contributed by atoms with Gasteiger partial charge in [-0.2, -0.15) is 4.72 Å². The lowest BCUT2D eigenvalue weighted by Gasteiger charge is -2.20. The number of sulfonamides is 1. The fraction of sp³-hybridized carbons (Fsp3) is 0.278. The number of carboxylic acid groups (broad SMARTS) is 1. The monoisotopic (exact) mass is 379 g/mol. The maximum Gasteiger partial charge on any atom is 0.321 e. The van der Waals surface area contributed by atoms with Crippen LogP contribution in [0, 0.1) is 0 Å². The number of carboxylic acids is 1. The Morgan fingerprint density at radius 2 is 1.85 bits per heavy atom. The first-order valence-corrected chi connectivity index (χ1v) is 9.40. The van der Waals surface area contributed by atoms with E-state index in [2.05, 4.69) is 4.72 Å². The van der Waals surface area contributed by atoms with Gasteiger partial charge in [-0.1, -0.05) is 18.2 Å². The lowest BCUT2D eigenvalue weighted by Crippen LogP contribution is -2.44. The highest BCUT2D eigenvalue weighted by Crippen LogP contribution is 2.30. The number of fused-ring (bicyclic) bond motifs is 3. The molecule has 1 heterocycles. The molecule has 0 unspecified atom stereocenters. The number of hydrogen-bond acceptors (Lipinski definition) is 4. The maximum atomic E-state index is 13.8. The highest BCUT2D eigenvalue weighted by atomic mass is 32.2. The number of benzene rings is 2. The molecule has 2 aromatic carbocycles. The number of para-hydroxylation sites is 1. The molecule has 0 aliphatic carbocycles. The van der Waals surface area contributed by atoms with Crippen molar-refractivity contribution in [2.24, 2.45) is 0 Å². The number of hydrogen-bond donors (Lipinski definition) is 2. The van der Waals surface area contributed by atoms with Crippen LogP contribution in [-0.4, -0.2) is 31.2 Å². The Morgan fingerprint density at radius 1 is 1.19 bits per heavy atom. The molecule has 2 N–H and O–H groups in total. The molecule has 0 saturated carbocycles. The van der Waals surface area contributed by atoms with Crippen molar-refractivity contribution < 1.29 is 27.1 Å². The third kappa shape index (κ3) is 3.71. The van der Waals surface area contributed by atoms with Crippen LogP contribution >= 0.6 is 0 Å². The van der Waals surface area contributed by atoms with E-state index in [1.165, 1.54) is 32.0 Å². The summed E-state index contributed by atoms with van der Waals surface area (Å²) in [5.41, 5.74) is -0.701. The molecule has 0 aliphatic heterocycles. The zero-order valence-corrected chi connectivity index (χ0v) is 15.0. The second kappa shape index (κ2) is 6.37. The van der Waals surface area contributed by atoms with Crippen LogP contribution in [-0.2, 0) is 14.8 Å². The molecular formula is C18H18FNO5S. The third-order valence-corrected chi connectivity index (χ3v) is 5.41. The van der Waals surface area contributed by atoms with Crippen molar-refractivity contribution in [2.45, 2.75) is 36.9 Å². The topological polar surface area (TPSA) is 96.6 Å². The van der Waals surface area contributed by atoms with Gasteiger partial charge in [-0.25, -0.2) is 12.8 Å². The summed E-state index contributed by atoms with van der Waals surface area (Å²) < 4.78 is 46.7. The van der Waals surface area contributed by atoms with Crippen LogP contribution in [0.15, 0.2) is 51.8 Å². The second-order valence-electron chi connectivity index (χ2n) is 6.69. The van der Waals surface area contributed by atoms with Crippen LogP contribution in [0.4, 0.5) is 4.39 Å². The highest BCUT2D eigenvalue weighted by molar-refractivity contribution is 7.89. The molecule has 1 atom stereocenters. The maximum absolute atomic E-state index is 13.8. The molecule has 0 radical (unpaired) electrons. The minimum absolute atomic E-state index is 0.112. The Hall–Kier alpha value is -2.45. The van der Waals surface area contributed by atoms with Crippen LogP contribution in [0.25, 0.3) is 21.9 Å². The van der Waals surface area contributed by atoms with E-state index in [1.807, 2.05) is 0 Å². The lowest BCUT2D eigenvalue weighted by molar-refractivity contribution is -0.139. The van der Waals surface area contributed by atoms with Crippen LogP contribution in [0.1, 0.15) is 20.3 Å². The second-order valence-corrected chi connectivity index (χ2v) is 8.41. The fourth-order valence-corrected chi connectivity index (χ4v) is 4.01. The summed E-state index contributed by atoms with van der Waals surface area (Å²) in [7, 11) is -4.15. The normalized spacial score (nSPS) is 14.0. The Morgan fingerprint density at radius 3 is 2.50 bits per heavy atom. The van der Waals surface area contributed by atoms with Crippen LogP contribution in [0.3, 0.4) is 0 Å². The van der Waals surface area contributed by atoms with Crippen molar-refractivity contribution in [1.82, 2.24) is 4.72 Å². The van der Waals surface area contributed by atoms with Crippen molar-refractivity contribution in [2.75, 3.05) is 0 Å². The molecule has 3 rings (SSSR count). The van der Waals surface area contributed by atoms with Crippen molar-refractivity contribution in [3.63, 3.8) is 0 Å². The molecule has 0 aliphatic rings. The van der Waals surface area contributed by atoms with Gasteiger partial charge < -0.3 is 9.52 Å². The standard InChI is InChI=1S/C18H18FNO5S/c1-18(2,19)10-14(17(21)22)20-26(23,24)11-7-8-16-13(9-11)12-5-3-4-6-15(12)25-16/h3-9,14,20H,10H2,1-2H3,(H,21,22)/t14-/m0/s1. The minimum Gasteiger partial charge on any atom is -0.480 e. The SMILES string of the molecule is CC(C)(F)C[C@H](NS(=O)(=O)c1ccc2oc3ccccc3c2c1)C(=O)O. The minimum atomic E-state index is -4.15. The largest absolute Gasteiger partial charge is 0.480 e. The van der Waals surface area contributed by atoms with Crippen molar-refractivity contribution in [3.8, 4) is 0 Å². The molecule has 26 heavy (non-hydrogen) atoms. The summed E-state index contributed by atoms with van der Waals surface area (Å²) in [6.07, 6.45) is -0.488. The smallest absolute Gasteiger partial charge is 0.321 e. The fourth-order valence-electron chi connectivity index (χ4n) is 2.79. The molecule has 138 valence electrons. The first kappa shape index (κ1) is 18.3. The molecule has 0 bridgehead atoms. The predicted molar refractivity (Wildman–Crippen MR) is 95.3 cm³/mol. The van der Waals surface area contributed by atoms with Gasteiger partial charge >= 0.3 is 5.97 Å². The van der Waals surface area contributed by atoms with Gasteiger partial charge in [0.15, 0.2) is 0 Å². The van der Waals surface area contributed by atoms with Gasteiger partial charge in [-0.3, -0.25) is 4.79 Å². The molecule has 1 aromatic heterocycles. The average Bonchev–Trinajstić information content (AvgIpc) is 2.90. The van der Waals surface area contributed by atoms with E-state index in [1.54, 1.807) is 24.3 Å². The molecule has 0 spiro atoms. The Bertz CT molecular complexity index is 1080. The van der Waals surface area contributed by atoms with E-state index in [9.17, 15) is 22.7 Å². The summed E-state index contributed by atoms with van der Waals surface area (Å²) in [6.45, 7) is 2.39. The Balaban J connectivity index is 2.00. The molecule has 0 fully saturated rings. The van der Waals surface area contributed by atoms with Crippen molar-refractivity contribution >= 4 is 37.9 Å². The number of aliphatic carboxylic acids is 1. The first-order valence-electron chi connectivity index (χ1n) is 7.92. The summed E-state index contributed by atoms with van der Waals surface area (Å²) in [6, 6.07) is 9.87. The quantitative estimate of drug-likeness (QED) is 0.684. The van der Waals surface area contributed by atoms with E-state index in [0.29, 0.717) is 16.6 Å². The zero-order valence-electron chi connectivity index (χ0n) is 14.2. The van der Waals surface area contributed by atoms with Crippen LogP contribution < -0.4 is 4.72 Å². The van der Waals surface area contributed by atoms with Gasteiger partial charge in [0.1, 0.15) is 22.9 Å². The van der Waals surface area contributed by atoms with Gasteiger partial charge in [0.2, 0.25) is 10.0 Å². The van der Waals surface area contributed by atoms with Crippen molar-refractivity contribution in [3.05, 3.63) is 42.5 Å². The number of rotatable bonds is 6. The summed E-state index contributed by atoms with van der Waals surface area (Å²) in [5, 5.41) is 10.6. The van der Waals surface area contributed by atoms with Crippen molar-refractivity contribution in [1.29, 1.82) is 0 Å². The van der Waals surface area contributed by atoms with Crippen LogP contribution in [0.2, 0.25) is 0 Å². The first-order chi connectivity index (χ1) is 12.1. The van der Waals surface area contributed by atoms with E-state index in [0.717, 1.165) is 5.39 Å². The number of furan rings is 1. The number of carbonyl (C=O) groups is 1. The molecular weight excluding hydrogens is 361 g/mol. The Labute approximate surface area is 149 Å². The van der Waals surface area contributed by atoms with Crippen LogP contribution in [0.5, 0.6) is 0 Å². The van der Waals surface area contributed by atoms with Gasteiger partial charge in [0, 0.05) is 17.2 Å². The van der Waals surface area contributed by atoms with E-state index in [-0.39, 0.29) is 4.90 Å². The van der Waals surface area contributed by atoms with E-state index < -0.39 is 34.1 Å². The van der Waals surface area contributed by atoms with Gasteiger partial charge in [0.05, 0.1) is 4.90 Å². The molecule has 3 aromatic rings. The molecule has 0 amide bonds. The summed E-state index contributed by atoms with van der Waals surface area (Å²) in [4.78, 5) is 11.2. The highest BCUT2D eigenvalue weighted by Gasteiger charge is 2.31. The van der Waals surface area contributed by atoms with Gasteiger partial charge in [-0.05, 0) is 38.1 Å². The third-order valence-electron chi connectivity index (χ3n) is 3.94. The van der Waals surface area contributed by atoms with E-state index in [4.69, 9.17) is 4.42 Å². The summed E-state index contributed by atoms with van der Waals surface area (Å²) >= 11 is 0. The lowest BCUT2D eigenvalue weighted by atomic mass is 10.0. The van der Waals surface area contributed by atoms with Gasteiger partial charge in [0.25, 0.3) is 0 Å². The number of halogens is 1. The molecule has 8 heteroatoms. The average molecular weight is 379 g/mol. The number of alkyl halides is 1. The van der Waals surface area contributed by atoms with Gasteiger partial charge in [-0.15, -0.1) is 0 Å². The van der Waals surface area contributed by atoms with E-state index >= 15 is 0 Å². The predicted octanol–water partition coefficient (Wildman–Crippen LogP) is 3.46. The zero-order chi connectivity index (χ0) is 19.1. The number of nitrogens with one attached hydrogen (secondary N) is 1. The molecule has 0 saturated heterocycles. The summed E-state index contributed by atoms with van der Waals surface area (Å²) in [5.74, 6) is -1.44. The molecule has 6 nitrogen and oxygen atoms in total.